The highest BCUT2D eigenvalue weighted by Gasteiger charge is 2.16. The lowest BCUT2D eigenvalue weighted by Crippen LogP contribution is -2.12. The van der Waals surface area contributed by atoms with Gasteiger partial charge in [0.05, 0.1) is 6.20 Å². The Balaban J connectivity index is 1.62. The van der Waals surface area contributed by atoms with Crippen molar-refractivity contribution < 1.29 is 13.7 Å². The van der Waals surface area contributed by atoms with Gasteiger partial charge in [-0.3, -0.25) is 10.1 Å². The quantitative estimate of drug-likeness (QED) is 0.625. The van der Waals surface area contributed by atoms with Crippen molar-refractivity contribution in [3.8, 4) is 11.7 Å². The zero-order valence-electron chi connectivity index (χ0n) is 11.8. The number of aromatic nitrogens is 3. The van der Waals surface area contributed by atoms with Gasteiger partial charge in [-0.1, -0.05) is 46.7 Å². The zero-order valence-corrected chi connectivity index (χ0v) is 11.8. The summed E-state index contributed by atoms with van der Waals surface area (Å²) in [5.41, 5.74) is 0.530. The van der Waals surface area contributed by atoms with Crippen LogP contribution in [0.1, 0.15) is 10.4 Å². The van der Waals surface area contributed by atoms with Gasteiger partial charge in [0.15, 0.2) is 0 Å². The van der Waals surface area contributed by atoms with E-state index in [9.17, 15) is 4.79 Å². The predicted molar refractivity (Wildman–Crippen MR) is 81.7 cm³/mol. The van der Waals surface area contributed by atoms with E-state index >= 15 is 0 Å². The monoisotopic (exact) mass is 306 g/mol. The molecule has 0 saturated heterocycles. The molecule has 0 atom stereocenters. The Bertz CT molecular complexity index is 971. The first-order chi connectivity index (χ1) is 11.3. The molecule has 23 heavy (non-hydrogen) atoms. The Morgan fingerprint density at radius 1 is 1.00 bits per heavy atom. The lowest BCUT2D eigenvalue weighted by molar-refractivity contribution is 0.102. The average molecular weight is 306 g/mol. The van der Waals surface area contributed by atoms with Gasteiger partial charge >= 0.3 is 6.01 Å². The van der Waals surface area contributed by atoms with Crippen LogP contribution in [-0.2, 0) is 0 Å². The van der Waals surface area contributed by atoms with Crippen LogP contribution in [0.15, 0.2) is 63.7 Å². The molecular weight excluding hydrogens is 296 g/mol. The number of hydrogen-bond donors (Lipinski definition) is 1. The number of carbonyl (C=O) groups is 1. The molecule has 1 N–H and O–H groups in total. The second-order valence-electron chi connectivity index (χ2n) is 4.77. The summed E-state index contributed by atoms with van der Waals surface area (Å²) in [6, 6.07) is 14.7. The smallest absolute Gasteiger partial charge is 0.322 e. The van der Waals surface area contributed by atoms with Gasteiger partial charge in [0, 0.05) is 11.6 Å². The van der Waals surface area contributed by atoms with Crippen LogP contribution < -0.4 is 5.32 Å². The van der Waals surface area contributed by atoms with E-state index < -0.39 is 0 Å². The molecule has 0 unspecified atom stereocenters. The summed E-state index contributed by atoms with van der Waals surface area (Å²) in [5, 5.41) is 15.6. The molecule has 7 nitrogen and oxygen atoms in total. The molecule has 2 heterocycles. The van der Waals surface area contributed by atoms with Crippen LogP contribution in [0.2, 0.25) is 0 Å². The van der Waals surface area contributed by atoms with Gasteiger partial charge < -0.3 is 8.94 Å². The van der Waals surface area contributed by atoms with E-state index in [0.29, 0.717) is 11.3 Å². The zero-order chi connectivity index (χ0) is 15.6. The molecule has 4 rings (SSSR count). The Morgan fingerprint density at radius 2 is 1.87 bits per heavy atom. The van der Waals surface area contributed by atoms with E-state index in [2.05, 4.69) is 20.7 Å². The summed E-state index contributed by atoms with van der Waals surface area (Å²) in [7, 11) is 0. The SMILES string of the molecule is O=C(Nc1nnc(-c2ccno2)o1)c1cccc2ccccc12. The number of hydrogen-bond acceptors (Lipinski definition) is 6. The van der Waals surface area contributed by atoms with Crippen LogP contribution in [0.5, 0.6) is 0 Å². The third kappa shape index (κ3) is 2.44. The van der Waals surface area contributed by atoms with Crippen molar-refractivity contribution in [2.75, 3.05) is 5.32 Å². The molecule has 0 aliphatic heterocycles. The van der Waals surface area contributed by atoms with Gasteiger partial charge in [-0.15, -0.1) is 5.10 Å². The maximum absolute atomic E-state index is 12.4. The number of nitrogens with one attached hydrogen (secondary N) is 1. The number of fused-ring (bicyclic) bond motifs is 1. The molecule has 7 heteroatoms. The summed E-state index contributed by atoms with van der Waals surface area (Å²) in [4.78, 5) is 12.4. The standard InChI is InChI=1S/C16H10N4O3/c21-14(12-7-3-5-10-4-1-2-6-11(10)12)18-16-20-19-15(22-16)13-8-9-17-23-13/h1-9H,(H,18,20,21). The molecule has 0 aliphatic carbocycles. The Morgan fingerprint density at radius 3 is 2.74 bits per heavy atom. The van der Waals surface area contributed by atoms with Gasteiger partial charge in [0.2, 0.25) is 5.76 Å². The maximum Gasteiger partial charge on any atom is 0.322 e. The molecule has 1 amide bonds. The molecule has 112 valence electrons. The molecule has 0 radical (unpaired) electrons. The Kier molecular flexibility index (Phi) is 3.09. The molecule has 2 aromatic carbocycles. The molecule has 2 aromatic heterocycles. The van der Waals surface area contributed by atoms with E-state index in [0.717, 1.165) is 10.8 Å². The van der Waals surface area contributed by atoms with E-state index in [1.807, 2.05) is 36.4 Å². The summed E-state index contributed by atoms with van der Waals surface area (Å²) in [6.07, 6.45) is 1.47. The Labute approximate surface area is 129 Å². The van der Waals surface area contributed by atoms with Gasteiger partial charge in [0.25, 0.3) is 11.8 Å². The number of amides is 1. The first-order valence-electron chi connectivity index (χ1n) is 6.85. The molecule has 0 saturated carbocycles. The first-order valence-corrected chi connectivity index (χ1v) is 6.85. The lowest BCUT2D eigenvalue weighted by Gasteiger charge is -2.05. The molecule has 4 aromatic rings. The van der Waals surface area contributed by atoms with Crippen molar-refractivity contribution >= 4 is 22.7 Å². The van der Waals surface area contributed by atoms with Crippen molar-refractivity contribution in [2.24, 2.45) is 0 Å². The van der Waals surface area contributed by atoms with Crippen molar-refractivity contribution in [3.05, 3.63) is 60.3 Å². The van der Waals surface area contributed by atoms with Crippen LogP contribution in [0, 0.1) is 0 Å². The van der Waals surface area contributed by atoms with E-state index in [1.165, 1.54) is 6.20 Å². The maximum atomic E-state index is 12.4. The molecule has 0 aliphatic rings. The molecule has 0 fully saturated rings. The van der Waals surface area contributed by atoms with Gasteiger partial charge in [-0.05, 0) is 16.8 Å². The van der Waals surface area contributed by atoms with Crippen LogP contribution in [0.25, 0.3) is 22.4 Å². The summed E-state index contributed by atoms with van der Waals surface area (Å²) in [6.45, 7) is 0. The van der Waals surface area contributed by atoms with Gasteiger partial charge in [0.1, 0.15) is 0 Å². The number of anilines is 1. The molecular formula is C16H10N4O3. The molecule has 0 bridgehead atoms. The highest BCUT2D eigenvalue weighted by molar-refractivity contribution is 6.12. The minimum absolute atomic E-state index is 0.00525. The van der Waals surface area contributed by atoms with Crippen molar-refractivity contribution in [1.29, 1.82) is 0 Å². The van der Waals surface area contributed by atoms with E-state index in [-0.39, 0.29) is 17.8 Å². The van der Waals surface area contributed by atoms with Gasteiger partial charge in [-0.2, -0.15) is 0 Å². The summed E-state index contributed by atoms with van der Waals surface area (Å²) < 4.78 is 10.3. The third-order valence-electron chi connectivity index (χ3n) is 3.33. The van der Waals surface area contributed by atoms with Crippen LogP contribution >= 0.6 is 0 Å². The lowest BCUT2D eigenvalue weighted by atomic mass is 10.0. The normalized spacial score (nSPS) is 10.8. The first kappa shape index (κ1) is 13.2. The van der Waals surface area contributed by atoms with Crippen LogP contribution in [-0.4, -0.2) is 21.3 Å². The van der Waals surface area contributed by atoms with Crippen molar-refractivity contribution in [1.82, 2.24) is 15.4 Å². The second kappa shape index (κ2) is 5.38. The van der Waals surface area contributed by atoms with Crippen molar-refractivity contribution in [3.63, 3.8) is 0 Å². The number of carbonyl (C=O) groups excluding carboxylic acids is 1. The van der Waals surface area contributed by atoms with Crippen LogP contribution in [0.3, 0.4) is 0 Å². The second-order valence-corrected chi connectivity index (χ2v) is 4.77. The minimum Gasteiger partial charge on any atom is -0.400 e. The number of benzene rings is 2. The van der Waals surface area contributed by atoms with E-state index in [1.54, 1.807) is 12.1 Å². The number of nitrogens with zero attached hydrogens (tertiary/aromatic N) is 3. The third-order valence-corrected chi connectivity index (χ3v) is 3.33. The highest BCUT2D eigenvalue weighted by atomic mass is 16.5. The fourth-order valence-corrected chi connectivity index (χ4v) is 2.29. The topological polar surface area (TPSA) is 94.1 Å². The minimum atomic E-state index is -0.324. The average Bonchev–Trinajstić information content (AvgIpc) is 3.25. The fraction of sp³-hybridized carbons (Fsp3) is 0. The molecule has 0 spiro atoms. The van der Waals surface area contributed by atoms with Crippen LogP contribution in [0.4, 0.5) is 6.01 Å². The fourth-order valence-electron chi connectivity index (χ4n) is 2.29. The largest absolute Gasteiger partial charge is 0.400 e. The highest BCUT2D eigenvalue weighted by Crippen LogP contribution is 2.21. The Hall–Kier alpha value is -3.48. The van der Waals surface area contributed by atoms with Gasteiger partial charge in [-0.25, -0.2) is 0 Å². The van der Waals surface area contributed by atoms with Crippen molar-refractivity contribution in [2.45, 2.75) is 0 Å². The predicted octanol–water partition coefficient (Wildman–Crippen LogP) is 3.13. The summed E-state index contributed by atoms with van der Waals surface area (Å²) >= 11 is 0. The summed E-state index contributed by atoms with van der Waals surface area (Å²) in [5.74, 6) is 0.161. The van der Waals surface area contributed by atoms with E-state index in [4.69, 9.17) is 8.94 Å². The number of rotatable bonds is 3.